The first-order valence-electron chi connectivity index (χ1n) is 1.32. The van der Waals surface area contributed by atoms with Gasteiger partial charge in [0.25, 0.3) is 0 Å². The van der Waals surface area contributed by atoms with Crippen molar-refractivity contribution in [1.29, 1.82) is 0 Å². The Morgan fingerprint density at radius 3 is 2.00 bits per heavy atom. The third-order valence-electron chi connectivity index (χ3n) is 0.422. The molecule has 0 saturated carbocycles. The third-order valence-corrected chi connectivity index (χ3v) is 3.70. The summed E-state index contributed by atoms with van der Waals surface area (Å²) >= 11 is 0.156. The molecule has 0 saturated heterocycles. The molecule has 0 aliphatic carbocycles. The quantitative estimate of drug-likeness (QED) is 0.552. The van der Waals surface area contributed by atoms with E-state index in [9.17, 15) is 0 Å². The van der Waals surface area contributed by atoms with Crippen LogP contribution in [0.1, 0.15) is 0 Å². The molecule has 0 aromatic heterocycles. The summed E-state index contributed by atoms with van der Waals surface area (Å²) in [7, 11) is 0. The number of rotatable bonds is 0. The second-order valence-electron chi connectivity index (χ2n) is 0.750. The van der Waals surface area contributed by atoms with E-state index in [4.69, 9.17) is 0 Å². The van der Waals surface area contributed by atoms with Crippen molar-refractivity contribution in [2.24, 2.45) is 0 Å². The predicted octanol–water partition coefficient (Wildman–Crippen LogP) is 0.636. The molecule has 0 spiro atoms. The van der Waals surface area contributed by atoms with Crippen LogP contribution in [-0.4, -0.2) is 23.2 Å². The second-order valence-corrected chi connectivity index (χ2v) is 4.75. The van der Waals surface area contributed by atoms with E-state index in [-0.39, 0.29) is 23.2 Å². The Labute approximate surface area is 37.5 Å². The molecule has 1 heterocycles. The zero-order valence-corrected chi connectivity index (χ0v) is 5.79. The van der Waals surface area contributed by atoms with E-state index < -0.39 is 0 Å². The van der Waals surface area contributed by atoms with Crippen LogP contribution in [0.15, 0.2) is 9.86 Å². The van der Waals surface area contributed by atoms with Crippen molar-refractivity contribution >= 4 is 23.2 Å². The zero-order valence-electron chi connectivity index (χ0n) is 2.31. The van der Waals surface area contributed by atoms with Crippen LogP contribution in [0.2, 0.25) is 4.13 Å². The Morgan fingerprint density at radius 1 is 1.75 bits per heavy atom. The minimum absolute atomic E-state index is 0.156. The SMILES string of the molecule is C1=[CH][Bi][CH2]1. The molecule has 0 fully saturated rings. The number of allylic oxidation sites excluding steroid dienone is 1. The molecule has 1 aliphatic heterocycles. The van der Waals surface area contributed by atoms with Crippen molar-refractivity contribution in [2.45, 2.75) is 4.13 Å². The molecule has 0 aromatic rings. The van der Waals surface area contributed by atoms with E-state index in [2.05, 4.69) is 9.86 Å². The molecular weight excluding hydrogens is 245 g/mol. The van der Waals surface area contributed by atoms with Gasteiger partial charge in [-0.15, -0.1) is 0 Å². The molecule has 21 valence electrons. The Bertz CT molecular complexity index is 32.5. The summed E-state index contributed by atoms with van der Waals surface area (Å²) in [5.74, 6) is 0. The van der Waals surface area contributed by atoms with Crippen LogP contribution >= 0.6 is 0 Å². The summed E-state index contributed by atoms with van der Waals surface area (Å²) in [5.41, 5.74) is 0. The molecule has 1 radical (unpaired) electrons. The van der Waals surface area contributed by atoms with Gasteiger partial charge >= 0.3 is 37.2 Å². The van der Waals surface area contributed by atoms with E-state index in [0.29, 0.717) is 0 Å². The maximum absolute atomic E-state index is 2.36. The molecule has 0 amide bonds. The molecule has 1 aliphatic rings. The first kappa shape index (κ1) is 2.84. The summed E-state index contributed by atoms with van der Waals surface area (Å²) < 4.78 is 3.86. The summed E-state index contributed by atoms with van der Waals surface area (Å²) in [4.78, 5) is 0. The molecule has 0 bridgehead atoms. The Morgan fingerprint density at radius 2 is 2.00 bits per heavy atom. The fourth-order valence-electron chi connectivity index (χ4n) is 0.105. The van der Waals surface area contributed by atoms with Gasteiger partial charge in [-0.25, -0.2) is 0 Å². The topological polar surface area (TPSA) is 0 Å². The van der Waals surface area contributed by atoms with E-state index in [1.54, 1.807) is 0 Å². The van der Waals surface area contributed by atoms with Crippen LogP contribution in [0.3, 0.4) is 0 Å². The van der Waals surface area contributed by atoms with Crippen molar-refractivity contribution in [3.63, 3.8) is 0 Å². The van der Waals surface area contributed by atoms with Gasteiger partial charge in [0, 0.05) is 0 Å². The van der Waals surface area contributed by atoms with Gasteiger partial charge < -0.3 is 0 Å². The first-order valence-corrected chi connectivity index (χ1v) is 5.78. The average Bonchev–Trinajstić information content (AvgIpc) is 0.722. The standard InChI is InChI=1S/C3H4.Bi/c1-3-2;/h1,3H,2H2;. The fourth-order valence-corrected chi connectivity index (χ4v) is 0.925. The Hall–Kier alpha value is 0.623. The van der Waals surface area contributed by atoms with Crippen LogP contribution < -0.4 is 0 Å². The molecular formula is C3H4Bi. The molecule has 1 rings (SSSR count). The Kier molecular flexibility index (Phi) is 0.828. The van der Waals surface area contributed by atoms with Crippen LogP contribution in [-0.2, 0) is 0 Å². The van der Waals surface area contributed by atoms with Gasteiger partial charge in [-0.1, -0.05) is 0 Å². The zero-order chi connectivity index (χ0) is 2.83. The summed E-state index contributed by atoms with van der Waals surface area (Å²) in [6.45, 7) is 0. The molecule has 0 nitrogen and oxygen atoms in total. The predicted molar refractivity (Wildman–Crippen MR) is 19.7 cm³/mol. The normalized spacial score (nSPS) is 20.0. The van der Waals surface area contributed by atoms with Crippen molar-refractivity contribution in [2.75, 3.05) is 0 Å². The monoisotopic (exact) mass is 249 g/mol. The van der Waals surface area contributed by atoms with Crippen molar-refractivity contribution in [3.8, 4) is 0 Å². The van der Waals surface area contributed by atoms with E-state index in [1.165, 1.54) is 4.13 Å². The molecule has 0 aromatic carbocycles. The second kappa shape index (κ2) is 1.17. The van der Waals surface area contributed by atoms with E-state index in [0.717, 1.165) is 0 Å². The van der Waals surface area contributed by atoms with E-state index >= 15 is 0 Å². The van der Waals surface area contributed by atoms with Crippen LogP contribution in [0, 0.1) is 0 Å². The molecule has 0 atom stereocenters. The van der Waals surface area contributed by atoms with Gasteiger partial charge in [-0.2, -0.15) is 0 Å². The Balaban J connectivity index is 2.47. The molecule has 4 heavy (non-hydrogen) atoms. The van der Waals surface area contributed by atoms with Crippen LogP contribution in [0.25, 0.3) is 0 Å². The number of hydrogen-bond donors (Lipinski definition) is 0. The summed E-state index contributed by atoms with van der Waals surface area (Å²) in [5, 5.41) is 0. The molecule has 0 unspecified atom stereocenters. The first-order chi connectivity index (χ1) is 2.00. The maximum atomic E-state index is 2.36. The van der Waals surface area contributed by atoms with Gasteiger partial charge in [0.15, 0.2) is 0 Å². The van der Waals surface area contributed by atoms with Gasteiger partial charge in [0.05, 0.1) is 0 Å². The van der Waals surface area contributed by atoms with Crippen molar-refractivity contribution < 1.29 is 0 Å². The van der Waals surface area contributed by atoms with Crippen LogP contribution in [0.4, 0.5) is 0 Å². The van der Waals surface area contributed by atoms with Crippen molar-refractivity contribution in [1.82, 2.24) is 0 Å². The van der Waals surface area contributed by atoms with Gasteiger partial charge in [-0.3, -0.25) is 0 Å². The van der Waals surface area contributed by atoms with Gasteiger partial charge in [0.2, 0.25) is 0 Å². The van der Waals surface area contributed by atoms with Gasteiger partial charge in [-0.05, 0) is 0 Å². The summed E-state index contributed by atoms with van der Waals surface area (Å²) in [6, 6.07) is 0. The minimum atomic E-state index is 0.156. The van der Waals surface area contributed by atoms with Crippen LogP contribution in [0.5, 0.6) is 0 Å². The van der Waals surface area contributed by atoms with Crippen molar-refractivity contribution in [3.05, 3.63) is 9.86 Å². The molecule has 0 N–H and O–H groups in total. The van der Waals surface area contributed by atoms with Gasteiger partial charge in [0.1, 0.15) is 0 Å². The van der Waals surface area contributed by atoms with E-state index in [1.807, 2.05) is 0 Å². The third kappa shape index (κ3) is 0.323. The number of hydrogen-bond acceptors (Lipinski definition) is 0. The fraction of sp³-hybridized carbons (Fsp3) is 0.333. The summed E-state index contributed by atoms with van der Waals surface area (Å²) in [6.07, 6.45) is 2.26. The molecule has 1 heteroatoms. The average molecular weight is 249 g/mol.